The van der Waals surface area contributed by atoms with Gasteiger partial charge in [0.25, 0.3) is 0 Å². The molecular formula is C15H20. The van der Waals surface area contributed by atoms with E-state index in [1.807, 2.05) is 31.2 Å². The monoisotopic (exact) mass is 200 g/mol. The van der Waals surface area contributed by atoms with Crippen molar-refractivity contribution < 1.29 is 0 Å². The molecule has 0 amide bonds. The summed E-state index contributed by atoms with van der Waals surface area (Å²) in [6.07, 6.45) is 9.55. The minimum Gasteiger partial charge on any atom is -0.0991 e. The maximum atomic E-state index is 3.84. The summed E-state index contributed by atoms with van der Waals surface area (Å²) in [7, 11) is 0. The second-order valence-corrected chi connectivity index (χ2v) is 3.28. The first kappa shape index (κ1) is 13.4. The molecule has 0 N–H and O–H groups in total. The molecule has 0 heterocycles. The summed E-state index contributed by atoms with van der Waals surface area (Å²) in [5.74, 6) is 0. The highest BCUT2D eigenvalue weighted by atomic mass is 14.1. The van der Waals surface area contributed by atoms with Gasteiger partial charge in [0.2, 0.25) is 0 Å². The van der Waals surface area contributed by atoms with E-state index in [2.05, 4.69) is 33.6 Å². The Balaban J connectivity index is 5.51. The number of hydrogen-bond acceptors (Lipinski definition) is 0. The minimum atomic E-state index is 1.14. The zero-order chi connectivity index (χ0) is 11.8. The largest absolute Gasteiger partial charge is 0.0991 e. The molecule has 80 valence electrons. The standard InChI is InChI=1S/C15H20/c1-7-11-12(5)15(10-4)13(6)14(8-2)9-3/h7-11H,1-2,4H2,3,5-6H3/b12-11-,14-9+,15-13+. The molecule has 0 rings (SSSR count). The topological polar surface area (TPSA) is 0 Å². The first-order valence-corrected chi connectivity index (χ1v) is 5.04. The van der Waals surface area contributed by atoms with E-state index >= 15 is 0 Å². The molecule has 0 spiro atoms. The molecule has 0 radical (unpaired) electrons. The van der Waals surface area contributed by atoms with Gasteiger partial charge in [0.05, 0.1) is 0 Å². The van der Waals surface area contributed by atoms with Crippen LogP contribution in [-0.2, 0) is 0 Å². The van der Waals surface area contributed by atoms with Crippen molar-refractivity contribution in [3.63, 3.8) is 0 Å². The second kappa shape index (κ2) is 6.83. The fourth-order valence-corrected chi connectivity index (χ4v) is 1.52. The van der Waals surface area contributed by atoms with E-state index < -0.39 is 0 Å². The number of rotatable bonds is 5. The summed E-state index contributed by atoms with van der Waals surface area (Å²) in [6.45, 7) is 17.5. The molecule has 0 bridgehead atoms. The van der Waals surface area contributed by atoms with Gasteiger partial charge in [-0.05, 0) is 43.1 Å². The van der Waals surface area contributed by atoms with E-state index in [0.29, 0.717) is 0 Å². The maximum Gasteiger partial charge on any atom is -0.0198 e. The molecule has 0 saturated carbocycles. The summed E-state index contributed by atoms with van der Waals surface area (Å²) >= 11 is 0. The lowest BCUT2D eigenvalue weighted by molar-refractivity contribution is 1.30. The molecule has 0 aliphatic carbocycles. The molecule has 0 aromatic carbocycles. The van der Waals surface area contributed by atoms with E-state index in [1.54, 1.807) is 6.08 Å². The zero-order valence-corrected chi connectivity index (χ0v) is 10.0. The normalized spacial score (nSPS) is 14.3. The fraction of sp³-hybridized carbons (Fsp3) is 0.200. The SMILES string of the molecule is C=C\C=C(C)/C(C=C)=C(C)/C(C=C)=C/C. The molecule has 0 saturated heterocycles. The van der Waals surface area contributed by atoms with Gasteiger partial charge in [-0.2, -0.15) is 0 Å². The molecule has 0 heteroatoms. The third-order valence-corrected chi connectivity index (χ3v) is 2.36. The van der Waals surface area contributed by atoms with Crippen molar-refractivity contribution in [2.45, 2.75) is 20.8 Å². The summed E-state index contributed by atoms with van der Waals surface area (Å²) < 4.78 is 0. The van der Waals surface area contributed by atoms with Crippen LogP contribution in [0.3, 0.4) is 0 Å². The maximum absolute atomic E-state index is 3.84. The molecular weight excluding hydrogens is 180 g/mol. The first-order valence-electron chi connectivity index (χ1n) is 5.04. The van der Waals surface area contributed by atoms with Crippen molar-refractivity contribution in [2.75, 3.05) is 0 Å². The van der Waals surface area contributed by atoms with Gasteiger partial charge in [-0.15, -0.1) is 0 Å². The van der Waals surface area contributed by atoms with Crippen LogP contribution in [0.4, 0.5) is 0 Å². The van der Waals surface area contributed by atoms with Gasteiger partial charge >= 0.3 is 0 Å². The molecule has 0 aromatic heterocycles. The zero-order valence-electron chi connectivity index (χ0n) is 10.0. The predicted molar refractivity (Wildman–Crippen MR) is 70.8 cm³/mol. The van der Waals surface area contributed by atoms with Crippen LogP contribution in [0.1, 0.15) is 20.8 Å². The number of hydrogen-bond donors (Lipinski definition) is 0. The van der Waals surface area contributed by atoms with Gasteiger partial charge in [-0.3, -0.25) is 0 Å². The molecule has 0 aliphatic rings. The predicted octanol–water partition coefficient (Wildman–Crippen LogP) is 4.75. The van der Waals surface area contributed by atoms with E-state index in [-0.39, 0.29) is 0 Å². The van der Waals surface area contributed by atoms with Crippen LogP contribution in [-0.4, -0.2) is 0 Å². The molecule has 0 nitrogen and oxygen atoms in total. The van der Waals surface area contributed by atoms with Gasteiger partial charge in [0.15, 0.2) is 0 Å². The molecule has 0 aliphatic heterocycles. The Hall–Kier alpha value is -1.56. The molecule has 0 atom stereocenters. The molecule has 15 heavy (non-hydrogen) atoms. The Bertz CT molecular complexity index is 346. The van der Waals surface area contributed by atoms with Crippen LogP contribution in [0, 0.1) is 0 Å². The van der Waals surface area contributed by atoms with Crippen molar-refractivity contribution in [2.24, 2.45) is 0 Å². The second-order valence-electron chi connectivity index (χ2n) is 3.28. The Kier molecular flexibility index (Phi) is 6.12. The van der Waals surface area contributed by atoms with E-state index in [0.717, 1.165) is 11.1 Å². The van der Waals surface area contributed by atoms with Crippen molar-refractivity contribution in [3.8, 4) is 0 Å². The third-order valence-electron chi connectivity index (χ3n) is 2.36. The van der Waals surface area contributed by atoms with Gasteiger partial charge in [-0.1, -0.05) is 50.1 Å². The quantitative estimate of drug-likeness (QED) is 0.562. The smallest absolute Gasteiger partial charge is 0.0198 e. The van der Waals surface area contributed by atoms with Crippen molar-refractivity contribution in [1.29, 1.82) is 0 Å². The van der Waals surface area contributed by atoms with E-state index in [4.69, 9.17) is 0 Å². The van der Waals surface area contributed by atoms with E-state index in [9.17, 15) is 0 Å². The van der Waals surface area contributed by atoms with Gasteiger partial charge in [-0.25, -0.2) is 0 Å². The highest BCUT2D eigenvalue weighted by Crippen LogP contribution is 2.22. The lowest BCUT2D eigenvalue weighted by atomic mass is 9.96. The van der Waals surface area contributed by atoms with Crippen LogP contribution in [0.15, 0.2) is 72.4 Å². The number of allylic oxidation sites excluding steroid dienone is 9. The fourth-order valence-electron chi connectivity index (χ4n) is 1.52. The van der Waals surface area contributed by atoms with Crippen LogP contribution < -0.4 is 0 Å². The summed E-state index contributed by atoms with van der Waals surface area (Å²) in [4.78, 5) is 0. The summed E-state index contributed by atoms with van der Waals surface area (Å²) in [6, 6.07) is 0. The lowest BCUT2D eigenvalue weighted by Crippen LogP contribution is -1.90. The van der Waals surface area contributed by atoms with Crippen molar-refractivity contribution in [3.05, 3.63) is 72.4 Å². The van der Waals surface area contributed by atoms with Gasteiger partial charge in [0, 0.05) is 0 Å². The van der Waals surface area contributed by atoms with Crippen molar-refractivity contribution >= 4 is 0 Å². The Morgan fingerprint density at radius 2 is 1.60 bits per heavy atom. The Labute approximate surface area is 93.7 Å². The van der Waals surface area contributed by atoms with Crippen LogP contribution >= 0.6 is 0 Å². The lowest BCUT2D eigenvalue weighted by Gasteiger charge is -2.09. The minimum absolute atomic E-state index is 1.14. The van der Waals surface area contributed by atoms with E-state index in [1.165, 1.54) is 11.1 Å². The average Bonchev–Trinajstić information content (AvgIpc) is 2.21. The van der Waals surface area contributed by atoms with Crippen LogP contribution in [0.5, 0.6) is 0 Å². The van der Waals surface area contributed by atoms with Crippen LogP contribution in [0.25, 0.3) is 0 Å². The summed E-state index contributed by atoms with van der Waals surface area (Å²) in [5, 5.41) is 0. The molecule has 0 aromatic rings. The Morgan fingerprint density at radius 1 is 1.00 bits per heavy atom. The highest BCUT2D eigenvalue weighted by molar-refractivity contribution is 5.51. The third kappa shape index (κ3) is 3.59. The highest BCUT2D eigenvalue weighted by Gasteiger charge is 2.02. The first-order chi connectivity index (χ1) is 7.12. The summed E-state index contributed by atoms with van der Waals surface area (Å²) in [5.41, 5.74) is 4.64. The average molecular weight is 200 g/mol. The molecule has 0 unspecified atom stereocenters. The van der Waals surface area contributed by atoms with Crippen LogP contribution in [0.2, 0.25) is 0 Å². The van der Waals surface area contributed by atoms with Gasteiger partial charge < -0.3 is 0 Å². The Morgan fingerprint density at radius 3 is 1.93 bits per heavy atom. The molecule has 0 fully saturated rings. The van der Waals surface area contributed by atoms with Gasteiger partial charge in [0.1, 0.15) is 0 Å². The van der Waals surface area contributed by atoms with Crippen molar-refractivity contribution in [1.82, 2.24) is 0 Å².